The summed E-state index contributed by atoms with van der Waals surface area (Å²) in [5, 5.41) is 18.2. The molecule has 5 aromatic carbocycles. The summed E-state index contributed by atoms with van der Waals surface area (Å²) in [5.41, 5.74) is 0.368. The molecule has 0 saturated carbocycles. The second-order valence-corrected chi connectivity index (χ2v) is 5.91. The molecular formula is C21H13NaO2. The standard InChI is InChI=1S/C21H12O2.Na.H/c22-21(23)17-11-10-13-6-2-8-15-14-7-1-4-12-5-3-9-16(18(12)14)20(17)19(13)15;;/h1-11H,(H,22,23);;. The first-order chi connectivity index (χ1) is 11.3. The summed E-state index contributed by atoms with van der Waals surface area (Å²) in [7, 11) is 0. The zero-order valence-electron chi connectivity index (χ0n) is 12.2. The van der Waals surface area contributed by atoms with Crippen LogP contribution >= 0.6 is 0 Å². The minimum absolute atomic E-state index is 0. The quantitative estimate of drug-likeness (QED) is 0.274. The van der Waals surface area contributed by atoms with Gasteiger partial charge in [-0.1, -0.05) is 60.7 Å². The van der Waals surface area contributed by atoms with Crippen molar-refractivity contribution >= 4 is 78.6 Å². The van der Waals surface area contributed by atoms with Crippen molar-refractivity contribution in [3.05, 3.63) is 72.3 Å². The Bertz CT molecular complexity index is 1240. The molecule has 3 heteroatoms. The molecular weight excluding hydrogens is 307 g/mol. The molecule has 0 atom stereocenters. The summed E-state index contributed by atoms with van der Waals surface area (Å²) in [4.78, 5) is 11.8. The number of hydrogen-bond donors (Lipinski definition) is 1. The maximum atomic E-state index is 11.8. The summed E-state index contributed by atoms with van der Waals surface area (Å²) in [5.74, 6) is -0.881. The van der Waals surface area contributed by atoms with E-state index in [-0.39, 0.29) is 29.6 Å². The monoisotopic (exact) mass is 320 g/mol. The Morgan fingerprint density at radius 3 is 1.79 bits per heavy atom. The number of carboxylic acid groups (broad SMARTS) is 1. The summed E-state index contributed by atoms with van der Waals surface area (Å²) >= 11 is 0. The first kappa shape index (κ1) is 15.4. The Morgan fingerprint density at radius 1 is 0.625 bits per heavy atom. The second-order valence-electron chi connectivity index (χ2n) is 5.91. The topological polar surface area (TPSA) is 37.3 Å². The van der Waals surface area contributed by atoms with E-state index in [2.05, 4.69) is 30.3 Å². The molecule has 5 aromatic rings. The Balaban J connectivity index is 0.00000146. The van der Waals surface area contributed by atoms with E-state index in [1.807, 2.05) is 30.3 Å². The van der Waals surface area contributed by atoms with Crippen LogP contribution in [0.4, 0.5) is 0 Å². The van der Waals surface area contributed by atoms with Crippen molar-refractivity contribution in [1.82, 2.24) is 0 Å². The van der Waals surface area contributed by atoms with Gasteiger partial charge in [0.1, 0.15) is 0 Å². The number of carbonyl (C=O) groups is 1. The van der Waals surface area contributed by atoms with Crippen molar-refractivity contribution < 1.29 is 9.90 Å². The van der Waals surface area contributed by atoms with Gasteiger partial charge >= 0.3 is 35.5 Å². The third-order valence-electron chi connectivity index (χ3n) is 4.74. The van der Waals surface area contributed by atoms with E-state index in [0.717, 1.165) is 37.7 Å². The third-order valence-corrected chi connectivity index (χ3v) is 4.74. The van der Waals surface area contributed by atoms with Gasteiger partial charge < -0.3 is 5.11 Å². The Kier molecular flexibility index (Phi) is 3.50. The zero-order chi connectivity index (χ0) is 15.6. The van der Waals surface area contributed by atoms with Crippen LogP contribution in [0.2, 0.25) is 0 Å². The normalized spacial score (nSPS) is 11.3. The number of hydrogen-bond acceptors (Lipinski definition) is 1. The van der Waals surface area contributed by atoms with Crippen molar-refractivity contribution in [3.63, 3.8) is 0 Å². The van der Waals surface area contributed by atoms with Crippen LogP contribution in [0.1, 0.15) is 10.4 Å². The third kappa shape index (κ3) is 1.91. The fraction of sp³-hybridized carbons (Fsp3) is 0. The molecule has 0 radical (unpaired) electrons. The maximum absolute atomic E-state index is 11.8. The first-order valence-electron chi connectivity index (χ1n) is 7.57. The van der Waals surface area contributed by atoms with Crippen LogP contribution in [0.3, 0.4) is 0 Å². The number of benzene rings is 5. The Morgan fingerprint density at radius 2 is 1.17 bits per heavy atom. The molecule has 5 rings (SSSR count). The molecule has 0 spiro atoms. The van der Waals surface area contributed by atoms with Gasteiger partial charge in [-0.3, -0.25) is 0 Å². The van der Waals surface area contributed by atoms with Gasteiger partial charge in [-0.25, -0.2) is 4.79 Å². The molecule has 0 heterocycles. The molecule has 2 nitrogen and oxygen atoms in total. The number of rotatable bonds is 1. The molecule has 0 aliphatic rings. The van der Waals surface area contributed by atoms with Crippen LogP contribution in [0.5, 0.6) is 0 Å². The van der Waals surface area contributed by atoms with Crippen molar-refractivity contribution in [2.24, 2.45) is 0 Å². The Hall–Kier alpha value is -2.13. The van der Waals surface area contributed by atoms with Gasteiger partial charge in [0.2, 0.25) is 0 Å². The zero-order valence-corrected chi connectivity index (χ0v) is 12.2. The van der Waals surface area contributed by atoms with Crippen molar-refractivity contribution in [2.75, 3.05) is 0 Å². The molecule has 1 N–H and O–H groups in total. The number of fused-ring (bicyclic) bond motifs is 2. The number of aromatic carboxylic acids is 1. The molecule has 0 aliphatic carbocycles. The van der Waals surface area contributed by atoms with Gasteiger partial charge in [-0.05, 0) is 43.8 Å². The van der Waals surface area contributed by atoms with Crippen LogP contribution in [-0.4, -0.2) is 40.6 Å². The second kappa shape index (κ2) is 5.45. The summed E-state index contributed by atoms with van der Waals surface area (Å²) in [6.07, 6.45) is 0. The molecule has 110 valence electrons. The number of carboxylic acids is 1. The van der Waals surface area contributed by atoms with Crippen LogP contribution in [0.25, 0.3) is 43.1 Å². The van der Waals surface area contributed by atoms with Gasteiger partial charge in [-0.15, -0.1) is 0 Å². The van der Waals surface area contributed by atoms with Crippen molar-refractivity contribution in [2.45, 2.75) is 0 Å². The van der Waals surface area contributed by atoms with Crippen molar-refractivity contribution in [3.8, 4) is 0 Å². The predicted octanol–water partition coefficient (Wildman–Crippen LogP) is 4.79. The van der Waals surface area contributed by atoms with Crippen LogP contribution in [0, 0.1) is 0 Å². The van der Waals surface area contributed by atoms with E-state index in [4.69, 9.17) is 0 Å². The molecule has 0 saturated heterocycles. The van der Waals surface area contributed by atoms with Gasteiger partial charge in [-0.2, -0.15) is 0 Å². The van der Waals surface area contributed by atoms with E-state index < -0.39 is 5.97 Å². The minimum atomic E-state index is -0.881. The molecule has 0 bridgehead atoms. The molecule has 0 amide bonds. The first-order valence-corrected chi connectivity index (χ1v) is 7.57. The van der Waals surface area contributed by atoms with Gasteiger partial charge in [0.25, 0.3) is 0 Å². The van der Waals surface area contributed by atoms with Gasteiger partial charge in [0.15, 0.2) is 0 Å². The average Bonchev–Trinajstić information content (AvgIpc) is 2.58. The van der Waals surface area contributed by atoms with E-state index in [1.165, 1.54) is 5.39 Å². The SMILES string of the molecule is O=C(O)c1ccc2cccc3c4cccc5cccc(c1c23)c54.[NaH]. The Labute approximate surface area is 160 Å². The van der Waals surface area contributed by atoms with Crippen LogP contribution in [-0.2, 0) is 0 Å². The fourth-order valence-corrected chi connectivity index (χ4v) is 3.84. The van der Waals surface area contributed by atoms with E-state index in [1.54, 1.807) is 6.07 Å². The van der Waals surface area contributed by atoms with Crippen LogP contribution < -0.4 is 0 Å². The van der Waals surface area contributed by atoms with E-state index >= 15 is 0 Å². The molecule has 0 aliphatic heterocycles. The molecule has 24 heavy (non-hydrogen) atoms. The molecule has 0 fully saturated rings. The predicted molar refractivity (Wildman–Crippen MR) is 102 cm³/mol. The van der Waals surface area contributed by atoms with Gasteiger partial charge in [0.05, 0.1) is 5.56 Å². The summed E-state index contributed by atoms with van der Waals surface area (Å²) in [6.45, 7) is 0. The van der Waals surface area contributed by atoms with Gasteiger partial charge in [0, 0.05) is 5.39 Å². The summed E-state index contributed by atoms with van der Waals surface area (Å²) < 4.78 is 0. The average molecular weight is 320 g/mol. The van der Waals surface area contributed by atoms with Crippen molar-refractivity contribution in [1.29, 1.82) is 0 Å². The van der Waals surface area contributed by atoms with Crippen LogP contribution in [0.15, 0.2) is 66.7 Å². The molecule has 0 unspecified atom stereocenters. The van der Waals surface area contributed by atoms with E-state index in [0.29, 0.717) is 5.56 Å². The molecule has 0 aromatic heterocycles. The summed E-state index contributed by atoms with van der Waals surface area (Å²) in [6, 6.07) is 22.2. The fourth-order valence-electron chi connectivity index (χ4n) is 3.84. The van der Waals surface area contributed by atoms with E-state index in [9.17, 15) is 9.90 Å².